The van der Waals surface area contributed by atoms with Crippen molar-refractivity contribution in [1.29, 1.82) is 0 Å². The largest absolute Gasteiger partial charge is 0.397 e. The summed E-state index contributed by atoms with van der Waals surface area (Å²) in [6, 6.07) is 10.6. The highest BCUT2D eigenvalue weighted by Gasteiger charge is 2.10. The topological polar surface area (TPSA) is 98.2 Å². The number of nitrogen functional groups attached to an aromatic ring is 1. The molecule has 0 saturated heterocycles. The van der Waals surface area contributed by atoms with E-state index in [1.165, 1.54) is 24.3 Å². The monoisotopic (exact) mass is 309 g/mol. The van der Waals surface area contributed by atoms with Gasteiger partial charge in [0.2, 0.25) is 10.0 Å². The van der Waals surface area contributed by atoms with Gasteiger partial charge in [-0.3, -0.25) is 0 Å². The Labute approximate surface area is 122 Å². The SMILES string of the molecule is Nc1ccc(S(N)(=O)=O)cc1NCCc1ccccc1F. The predicted molar refractivity (Wildman–Crippen MR) is 80.8 cm³/mol. The van der Waals surface area contributed by atoms with Crippen LogP contribution in [-0.2, 0) is 16.4 Å². The first-order valence-electron chi connectivity index (χ1n) is 6.27. The second kappa shape index (κ2) is 6.11. The molecule has 2 rings (SSSR count). The van der Waals surface area contributed by atoms with Crippen LogP contribution in [0.5, 0.6) is 0 Å². The second-order valence-corrected chi connectivity index (χ2v) is 6.12. The first kappa shape index (κ1) is 15.3. The maximum Gasteiger partial charge on any atom is 0.238 e. The van der Waals surface area contributed by atoms with Crippen molar-refractivity contribution >= 4 is 21.4 Å². The molecule has 2 aromatic rings. The molecule has 5 nitrogen and oxygen atoms in total. The van der Waals surface area contributed by atoms with Gasteiger partial charge in [-0.2, -0.15) is 0 Å². The van der Waals surface area contributed by atoms with Crippen molar-refractivity contribution in [1.82, 2.24) is 0 Å². The van der Waals surface area contributed by atoms with Gasteiger partial charge in [0.1, 0.15) is 5.82 Å². The van der Waals surface area contributed by atoms with E-state index < -0.39 is 10.0 Å². The van der Waals surface area contributed by atoms with Crippen LogP contribution in [0.1, 0.15) is 5.56 Å². The first-order valence-corrected chi connectivity index (χ1v) is 7.82. The van der Waals surface area contributed by atoms with Crippen molar-refractivity contribution < 1.29 is 12.8 Å². The van der Waals surface area contributed by atoms with E-state index in [4.69, 9.17) is 10.9 Å². The van der Waals surface area contributed by atoms with E-state index in [2.05, 4.69) is 5.32 Å². The summed E-state index contributed by atoms with van der Waals surface area (Å²) >= 11 is 0. The van der Waals surface area contributed by atoms with Crippen molar-refractivity contribution in [2.45, 2.75) is 11.3 Å². The van der Waals surface area contributed by atoms with Crippen LogP contribution in [0.3, 0.4) is 0 Å². The number of anilines is 2. The molecular formula is C14H16FN3O2S. The molecule has 0 aliphatic rings. The number of hydrogen-bond donors (Lipinski definition) is 3. The van der Waals surface area contributed by atoms with Crippen LogP contribution in [0.25, 0.3) is 0 Å². The van der Waals surface area contributed by atoms with E-state index >= 15 is 0 Å². The van der Waals surface area contributed by atoms with Gasteiger partial charge < -0.3 is 11.1 Å². The van der Waals surface area contributed by atoms with E-state index in [1.54, 1.807) is 18.2 Å². The van der Waals surface area contributed by atoms with Gasteiger partial charge in [0, 0.05) is 6.54 Å². The minimum absolute atomic E-state index is 0.0231. The van der Waals surface area contributed by atoms with Crippen molar-refractivity contribution in [3.05, 3.63) is 53.8 Å². The lowest BCUT2D eigenvalue weighted by atomic mass is 10.1. The number of sulfonamides is 1. The number of nitrogens with two attached hydrogens (primary N) is 2. The van der Waals surface area contributed by atoms with Gasteiger partial charge in [0.15, 0.2) is 0 Å². The summed E-state index contributed by atoms with van der Waals surface area (Å²) < 4.78 is 36.1. The Hall–Kier alpha value is -2.12. The van der Waals surface area contributed by atoms with E-state index in [1.807, 2.05) is 0 Å². The number of primary sulfonamides is 1. The van der Waals surface area contributed by atoms with Crippen LogP contribution in [-0.4, -0.2) is 15.0 Å². The third-order valence-electron chi connectivity index (χ3n) is 3.02. The molecule has 0 unspecified atom stereocenters. The van der Waals surface area contributed by atoms with Crippen LogP contribution in [0.2, 0.25) is 0 Å². The van der Waals surface area contributed by atoms with Crippen molar-refractivity contribution in [3.8, 4) is 0 Å². The van der Waals surface area contributed by atoms with Gasteiger partial charge in [-0.1, -0.05) is 18.2 Å². The molecule has 0 saturated carbocycles. The molecule has 0 aliphatic carbocycles. The van der Waals surface area contributed by atoms with Gasteiger partial charge in [-0.05, 0) is 36.2 Å². The van der Waals surface area contributed by atoms with Gasteiger partial charge in [-0.15, -0.1) is 0 Å². The fourth-order valence-electron chi connectivity index (χ4n) is 1.90. The standard InChI is InChI=1S/C14H16FN3O2S/c15-12-4-2-1-3-10(12)7-8-18-14-9-11(21(17,19)20)5-6-13(14)16/h1-6,9,18H,7-8,16H2,(H2,17,19,20). The van der Waals surface area contributed by atoms with Crippen LogP contribution in [0.15, 0.2) is 47.4 Å². The molecule has 0 aromatic heterocycles. The van der Waals surface area contributed by atoms with Crippen LogP contribution < -0.4 is 16.2 Å². The van der Waals surface area contributed by atoms with Crippen molar-refractivity contribution in [3.63, 3.8) is 0 Å². The molecule has 0 bridgehead atoms. The number of nitrogens with one attached hydrogen (secondary N) is 1. The summed E-state index contributed by atoms with van der Waals surface area (Å²) in [6.45, 7) is 0.416. The van der Waals surface area contributed by atoms with Gasteiger partial charge in [0.05, 0.1) is 16.3 Å². The first-order chi connectivity index (χ1) is 9.88. The number of halogens is 1. The summed E-state index contributed by atoms with van der Waals surface area (Å²) in [5.41, 5.74) is 7.20. The molecule has 2 aromatic carbocycles. The van der Waals surface area contributed by atoms with Gasteiger partial charge in [0.25, 0.3) is 0 Å². The maximum atomic E-state index is 13.5. The summed E-state index contributed by atoms with van der Waals surface area (Å²) in [5.74, 6) is -0.273. The molecule has 0 fully saturated rings. The zero-order chi connectivity index (χ0) is 15.5. The Morgan fingerprint density at radius 2 is 1.86 bits per heavy atom. The number of hydrogen-bond acceptors (Lipinski definition) is 4. The summed E-state index contributed by atoms with van der Waals surface area (Å²) in [7, 11) is -3.78. The molecule has 21 heavy (non-hydrogen) atoms. The molecule has 112 valence electrons. The average molecular weight is 309 g/mol. The molecule has 0 spiro atoms. The molecule has 0 aliphatic heterocycles. The zero-order valence-electron chi connectivity index (χ0n) is 11.2. The highest BCUT2D eigenvalue weighted by atomic mass is 32.2. The van der Waals surface area contributed by atoms with Crippen LogP contribution in [0, 0.1) is 5.82 Å². The summed E-state index contributed by atoms with van der Waals surface area (Å²) in [6.07, 6.45) is 0.450. The molecule has 0 atom stereocenters. The Morgan fingerprint density at radius 3 is 2.52 bits per heavy atom. The van der Waals surface area contributed by atoms with E-state index in [-0.39, 0.29) is 10.7 Å². The predicted octanol–water partition coefficient (Wildman–Crippen LogP) is 1.71. The normalized spacial score (nSPS) is 11.3. The van der Waals surface area contributed by atoms with E-state index in [9.17, 15) is 12.8 Å². The Morgan fingerprint density at radius 1 is 1.14 bits per heavy atom. The molecule has 7 heteroatoms. The minimum atomic E-state index is -3.78. The fourth-order valence-corrected chi connectivity index (χ4v) is 2.44. The summed E-state index contributed by atoms with van der Waals surface area (Å²) in [5, 5.41) is 8.06. The van der Waals surface area contributed by atoms with Gasteiger partial charge >= 0.3 is 0 Å². The smallest absolute Gasteiger partial charge is 0.238 e. The highest BCUT2D eigenvalue weighted by molar-refractivity contribution is 7.89. The third kappa shape index (κ3) is 3.93. The second-order valence-electron chi connectivity index (χ2n) is 4.56. The fraction of sp³-hybridized carbons (Fsp3) is 0.143. The molecular weight excluding hydrogens is 293 g/mol. The zero-order valence-corrected chi connectivity index (χ0v) is 12.0. The molecule has 0 heterocycles. The lowest BCUT2D eigenvalue weighted by Gasteiger charge is -2.11. The third-order valence-corrected chi connectivity index (χ3v) is 3.93. The number of rotatable bonds is 5. The lowest BCUT2D eigenvalue weighted by molar-refractivity contribution is 0.598. The number of benzene rings is 2. The van der Waals surface area contributed by atoms with Crippen LogP contribution in [0.4, 0.5) is 15.8 Å². The van der Waals surface area contributed by atoms with Gasteiger partial charge in [-0.25, -0.2) is 17.9 Å². The highest BCUT2D eigenvalue weighted by Crippen LogP contribution is 2.22. The quantitative estimate of drug-likeness (QED) is 0.732. The minimum Gasteiger partial charge on any atom is -0.397 e. The van der Waals surface area contributed by atoms with Crippen LogP contribution >= 0.6 is 0 Å². The lowest BCUT2D eigenvalue weighted by Crippen LogP contribution is -2.14. The molecule has 0 radical (unpaired) electrons. The summed E-state index contributed by atoms with van der Waals surface area (Å²) in [4.78, 5) is -0.0231. The Kier molecular flexibility index (Phi) is 4.44. The average Bonchev–Trinajstić information content (AvgIpc) is 2.41. The van der Waals surface area contributed by atoms with E-state index in [0.29, 0.717) is 29.9 Å². The Balaban J connectivity index is 2.08. The van der Waals surface area contributed by atoms with E-state index in [0.717, 1.165) is 0 Å². The molecule has 5 N–H and O–H groups in total. The van der Waals surface area contributed by atoms with Crippen molar-refractivity contribution in [2.75, 3.05) is 17.6 Å². The maximum absolute atomic E-state index is 13.5. The van der Waals surface area contributed by atoms with Crippen molar-refractivity contribution in [2.24, 2.45) is 5.14 Å². The Bertz CT molecular complexity index is 748. The molecule has 0 amide bonds.